The van der Waals surface area contributed by atoms with Gasteiger partial charge in [0.05, 0.1) is 6.54 Å². The van der Waals surface area contributed by atoms with Gasteiger partial charge in [-0.3, -0.25) is 9.59 Å². The molecule has 0 unspecified atom stereocenters. The second-order valence-electron chi connectivity index (χ2n) is 6.07. The maximum absolute atomic E-state index is 12.5. The number of nitrogens with one attached hydrogen (secondary N) is 1. The number of pyridine rings is 1. The summed E-state index contributed by atoms with van der Waals surface area (Å²) in [5.41, 5.74) is 3.01. The van der Waals surface area contributed by atoms with Gasteiger partial charge in [0.1, 0.15) is 17.0 Å². The number of nitrogens with zero attached hydrogens (tertiary/aromatic N) is 2. The monoisotopic (exact) mass is 337 g/mol. The summed E-state index contributed by atoms with van der Waals surface area (Å²) in [4.78, 5) is 29.1. The molecule has 0 saturated carbocycles. The number of H-pyrrole nitrogens is 1. The van der Waals surface area contributed by atoms with Crippen LogP contribution in [0.4, 0.5) is 0 Å². The van der Waals surface area contributed by atoms with Crippen LogP contribution in [0, 0.1) is 13.8 Å². The molecule has 1 aromatic carbocycles. The van der Waals surface area contributed by atoms with Crippen LogP contribution in [0.25, 0.3) is 11.3 Å². The summed E-state index contributed by atoms with van der Waals surface area (Å²) in [6.07, 6.45) is 0. The second-order valence-corrected chi connectivity index (χ2v) is 6.07. The van der Waals surface area contributed by atoms with Crippen molar-refractivity contribution < 1.29 is 9.32 Å². The third-order valence-electron chi connectivity index (χ3n) is 3.89. The Hall–Kier alpha value is -3.15. The van der Waals surface area contributed by atoms with Crippen molar-refractivity contribution in [3.8, 4) is 11.3 Å². The lowest BCUT2D eigenvalue weighted by Crippen LogP contribution is -2.31. The second kappa shape index (κ2) is 6.76. The van der Waals surface area contributed by atoms with E-state index in [-0.39, 0.29) is 18.0 Å². The summed E-state index contributed by atoms with van der Waals surface area (Å²) < 4.78 is 4.99. The number of benzene rings is 1. The van der Waals surface area contributed by atoms with E-state index in [1.807, 2.05) is 31.2 Å². The van der Waals surface area contributed by atoms with E-state index < -0.39 is 5.56 Å². The van der Waals surface area contributed by atoms with Gasteiger partial charge in [-0.15, -0.1) is 0 Å². The van der Waals surface area contributed by atoms with Crippen molar-refractivity contribution in [1.82, 2.24) is 15.0 Å². The van der Waals surface area contributed by atoms with Gasteiger partial charge in [0.25, 0.3) is 11.5 Å². The molecular weight excluding hydrogens is 318 g/mol. The van der Waals surface area contributed by atoms with Gasteiger partial charge >= 0.3 is 0 Å². The lowest BCUT2D eigenvalue weighted by atomic mass is 10.1. The lowest BCUT2D eigenvalue weighted by molar-refractivity contribution is 0.0780. The van der Waals surface area contributed by atoms with Gasteiger partial charge in [0, 0.05) is 18.8 Å². The topological polar surface area (TPSA) is 79.2 Å². The van der Waals surface area contributed by atoms with Crippen LogP contribution < -0.4 is 5.56 Å². The molecule has 0 bridgehead atoms. The predicted molar refractivity (Wildman–Crippen MR) is 94.3 cm³/mol. The molecule has 0 fully saturated rings. The van der Waals surface area contributed by atoms with E-state index in [0.29, 0.717) is 17.1 Å². The van der Waals surface area contributed by atoms with E-state index >= 15 is 0 Å². The van der Waals surface area contributed by atoms with E-state index in [2.05, 4.69) is 10.1 Å². The molecular formula is C19H19N3O3. The smallest absolute Gasteiger partial charge is 0.261 e. The zero-order valence-corrected chi connectivity index (χ0v) is 14.4. The first-order chi connectivity index (χ1) is 11.9. The van der Waals surface area contributed by atoms with Crippen molar-refractivity contribution in [3.63, 3.8) is 0 Å². The lowest BCUT2D eigenvalue weighted by Gasteiger charge is -2.15. The molecule has 0 aliphatic heterocycles. The standard InChI is InChI=1S/C19H19N3O3/c1-12-5-4-6-14(9-12)17-8-7-16(18(23)20-17)19(24)22(3)11-15-10-13(2)25-21-15/h4-10H,11H2,1-3H3,(H,20,23). The molecule has 128 valence electrons. The molecule has 0 atom stereocenters. The quantitative estimate of drug-likeness (QED) is 0.794. The molecule has 1 amide bonds. The zero-order chi connectivity index (χ0) is 18.0. The van der Waals surface area contributed by atoms with Gasteiger partial charge in [-0.2, -0.15) is 0 Å². The fourth-order valence-corrected chi connectivity index (χ4v) is 2.64. The Morgan fingerprint density at radius 1 is 1.20 bits per heavy atom. The van der Waals surface area contributed by atoms with Crippen molar-refractivity contribution in [2.24, 2.45) is 0 Å². The predicted octanol–water partition coefficient (Wildman–Crippen LogP) is 2.92. The molecule has 0 spiro atoms. The maximum Gasteiger partial charge on any atom is 0.261 e. The van der Waals surface area contributed by atoms with Crippen LogP contribution in [0.15, 0.2) is 51.8 Å². The van der Waals surface area contributed by atoms with Crippen molar-refractivity contribution >= 4 is 5.91 Å². The van der Waals surface area contributed by atoms with Gasteiger partial charge in [0.2, 0.25) is 0 Å². The molecule has 2 aromatic heterocycles. The SMILES string of the molecule is Cc1cccc(-c2ccc(C(=O)N(C)Cc3cc(C)on3)c(=O)[nH]2)c1. The van der Waals surface area contributed by atoms with E-state index in [4.69, 9.17) is 4.52 Å². The fraction of sp³-hybridized carbons (Fsp3) is 0.211. The number of carbonyl (C=O) groups is 1. The molecule has 0 aliphatic carbocycles. The minimum Gasteiger partial charge on any atom is -0.361 e. The van der Waals surface area contributed by atoms with Crippen molar-refractivity contribution in [1.29, 1.82) is 0 Å². The number of aromatic nitrogens is 2. The highest BCUT2D eigenvalue weighted by atomic mass is 16.5. The number of aromatic amines is 1. The van der Waals surface area contributed by atoms with E-state index in [0.717, 1.165) is 11.1 Å². The first-order valence-electron chi connectivity index (χ1n) is 7.92. The Morgan fingerprint density at radius 3 is 2.64 bits per heavy atom. The van der Waals surface area contributed by atoms with Crippen LogP contribution in [-0.2, 0) is 6.54 Å². The Balaban J connectivity index is 1.82. The molecule has 3 rings (SSSR count). The van der Waals surface area contributed by atoms with Crippen LogP contribution >= 0.6 is 0 Å². The summed E-state index contributed by atoms with van der Waals surface area (Å²) in [6, 6.07) is 12.9. The van der Waals surface area contributed by atoms with Crippen LogP contribution in [0.1, 0.15) is 27.4 Å². The molecule has 6 nitrogen and oxygen atoms in total. The number of rotatable bonds is 4. The average Bonchev–Trinajstić information content (AvgIpc) is 2.99. The third kappa shape index (κ3) is 3.68. The molecule has 6 heteroatoms. The zero-order valence-electron chi connectivity index (χ0n) is 14.4. The molecule has 1 N–H and O–H groups in total. The summed E-state index contributed by atoms with van der Waals surface area (Å²) in [5.74, 6) is 0.314. The van der Waals surface area contributed by atoms with Gasteiger partial charge < -0.3 is 14.4 Å². The van der Waals surface area contributed by atoms with Crippen LogP contribution in [0.3, 0.4) is 0 Å². The van der Waals surface area contributed by atoms with Crippen molar-refractivity contribution in [2.45, 2.75) is 20.4 Å². The highest BCUT2D eigenvalue weighted by molar-refractivity contribution is 5.93. The van der Waals surface area contributed by atoms with E-state index in [1.54, 1.807) is 32.2 Å². The molecule has 2 heterocycles. The minimum absolute atomic E-state index is 0.0964. The Bertz CT molecular complexity index is 972. The molecule has 3 aromatic rings. The van der Waals surface area contributed by atoms with Gasteiger partial charge in [-0.1, -0.05) is 28.9 Å². The van der Waals surface area contributed by atoms with Gasteiger partial charge in [0.15, 0.2) is 0 Å². The largest absolute Gasteiger partial charge is 0.361 e. The fourth-order valence-electron chi connectivity index (χ4n) is 2.64. The van der Waals surface area contributed by atoms with Gasteiger partial charge in [-0.05, 0) is 37.6 Å². The van der Waals surface area contributed by atoms with Crippen LogP contribution in [-0.4, -0.2) is 28.0 Å². The molecule has 0 radical (unpaired) electrons. The van der Waals surface area contributed by atoms with Crippen LogP contribution in [0.5, 0.6) is 0 Å². The number of carbonyl (C=O) groups excluding carboxylic acids is 1. The first-order valence-corrected chi connectivity index (χ1v) is 7.92. The molecule has 25 heavy (non-hydrogen) atoms. The van der Waals surface area contributed by atoms with Gasteiger partial charge in [-0.25, -0.2) is 0 Å². The Morgan fingerprint density at radius 2 is 2.00 bits per heavy atom. The highest BCUT2D eigenvalue weighted by Crippen LogP contribution is 2.17. The van der Waals surface area contributed by atoms with Crippen molar-refractivity contribution in [2.75, 3.05) is 7.05 Å². The number of hydrogen-bond acceptors (Lipinski definition) is 4. The molecule has 0 saturated heterocycles. The van der Waals surface area contributed by atoms with Crippen molar-refractivity contribution in [3.05, 3.63) is 75.4 Å². The summed E-state index contributed by atoms with van der Waals surface area (Å²) >= 11 is 0. The number of hydrogen-bond donors (Lipinski definition) is 1. The first kappa shape index (κ1) is 16.7. The van der Waals surface area contributed by atoms with E-state index in [9.17, 15) is 9.59 Å². The van der Waals surface area contributed by atoms with E-state index in [1.165, 1.54) is 4.90 Å². The Labute approximate surface area is 145 Å². The molecule has 0 aliphatic rings. The normalized spacial score (nSPS) is 10.7. The third-order valence-corrected chi connectivity index (χ3v) is 3.89. The average molecular weight is 337 g/mol. The minimum atomic E-state index is -0.410. The summed E-state index contributed by atoms with van der Waals surface area (Å²) in [7, 11) is 1.63. The maximum atomic E-state index is 12.5. The highest BCUT2D eigenvalue weighted by Gasteiger charge is 2.17. The summed E-state index contributed by atoms with van der Waals surface area (Å²) in [6.45, 7) is 4.04. The number of amides is 1. The Kier molecular flexibility index (Phi) is 4.52. The summed E-state index contributed by atoms with van der Waals surface area (Å²) in [5, 5.41) is 3.86. The number of aryl methyl sites for hydroxylation is 2. The van der Waals surface area contributed by atoms with Crippen LogP contribution in [0.2, 0.25) is 0 Å².